The molecular formula is C32H36N2O3. The molecule has 2 aliphatic rings. The van der Waals surface area contributed by atoms with Gasteiger partial charge in [-0.2, -0.15) is 0 Å². The Hall–Kier alpha value is -3.73. The highest BCUT2D eigenvalue weighted by Gasteiger charge is 2.57. The van der Waals surface area contributed by atoms with Crippen LogP contribution >= 0.6 is 0 Å². The summed E-state index contributed by atoms with van der Waals surface area (Å²) in [7, 11) is 0. The van der Waals surface area contributed by atoms with Crippen LogP contribution in [0.1, 0.15) is 55.0 Å². The minimum absolute atomic E-state index is 0.0772. The molecule has 192 valence electrons. The summed E-state index contributed by atoms with van der Waals surface area (Å²) in [5, 5.41) is 3.36. The fourth-order valence-corrected chi connectivity index (χ4v) is 5.55. The van der Waals surface area contributed by atoms with Crippen molar-refractivity contribution in [2.45, 2.75) is 58.7 Å². The van der Waals surface area contributed by atoms with Gasteiger partial charge in [-0.15, -0.1) is 0 Å². The van der Waals surface area contributed by atoms with Gasteiger partial charge in [0, 0.05) is 24.1 Å². The average molecular weight is 497 g/mol. The second kappa shape index (κ2) is 9.62. The molecule has 5 rings (SSSR count). The van der Waals surface area contributed by atoms with E-state index in [-0.39, 0.29) is 11.3 Å². The summed E-state index contributed by atoms with van der Waals surface area (Å²) in [6.07, 6.45) is 4.73. The molecule has 5 heteroatoms. The number of rotatable bonds is 7. The van der Waals surface area contributed by atoms with Crippen LogP contribution < -0.4 is 19.7 Å². The number of fused-ring (bicyclic) bond motifs is 3. The van der Waals surface area contributed by atoms with Crippen LogP contribution in [-0.2, 0) is 16.8 Å². The summed E-state index contributed by atoms with van der Waals surface area (Å²) in [6, 6.07) is 20.9. The van der Waals surface area contributed by atoms with E-state index in [0.29, 0.717) is 31.9 Å². The van der Waals surface area contributed by atoms with Crippen molar-refractivity contribution in [1.82, 2.24) is 5.32 Å². The third kappa shape index (κ3) is 4.48. The van der Waals surface area contributed by atoms with E-state index in [2.05, 4.69) is 92.5 Å². The van der Waals surface area contributed by atoms with Crippen LogP contribution in [0.5, 0.6) is 11.5 Å². The number of amides is 1. The number of carbonyl (C=O) groups is 1. The molecule has 1 atom stereocenters. The lowest BCUT2D eigenvalue weighted by Gasteiger charge is -2.49. The fraction of sp³-hybridized carbons (Fsp3) is 0.344. The molecule has 0 radical (unpaired) electrons. The van der Waals surface area contributed by atoms with Crippen molar-refractivity contribution >= 4 is 17.7 Å². The Kier molecular flexibility index (Phi) is 6.49. The molecule has 0 spiro atoms. The standard InChI is InChI=1S/C32H36N2O3/c1-6-36-29-20-24(12-14-28(29)37-21-25-10-7-22(2)8-11-25)15-17-32-31(4,5)26-19-23(3)9-13-27(26)34(32)18-16-30(35)33-32/h7-15,17,19-20H,6,16,18,21H2,1-5H3,(H,33,35)/b17-15+/t32-/m0/s1. The fourth-order valence-electron chi connectivity index (χ4n) is 5.55. The predicted octanol–water partition coefficient (Wildman–Crippen LogP) is 6.31. The molecule has 0 unspecified atom stereocenters. The molecule has 2 heterocycles. The first-order valence-corrected chi connectivity index (χ1v) is 13.1. The van der Waals surface area contributed by atoms with Gasteiger partial charge < -0.3 is 19.7 Å². The first-order valence-electron chi connectivity index (χ1n) is 13.1. The predicted molar refractivity (Wildman–Crippen MR) is 149 cm³/mol. The molecule has 0 aromatic heterocycles. The van der Waals surface area contributed by atoms with Gasteiger partial charge in [0.05, 0.1) is 6.61 Å². The largest absolute Gasteiger partial charge is 0.490 e. The van der Waals surface area contributed by atoms with E-state index in [1.54, 1.807) is 0 Å². The highest BCUT2D eigenvalue weighted by atomic mass is 16.5. The summed E-state index contributed by atoms with van der Waals surface area (Å²) in [5.41, 5.74) is 6.03. The normalized spacial score (nSPS) is 19.9. The lowest BCUT2D eigenvalue weighted by Crippen LogP contribution is -2.68. The highest BCUT2D eigenvalue weighted by molar-refractivity contribution is 5.84. The number of carbonyl (C=O) groups excluding carboxylic acids is 1. The summed E-state index contributed by atoms with van der Waals surface area (Å²) in [6.45, 7) is 12.3. The smallest absolute Gasteiger partial charge is 0.223 e. The summed E-state index contributed by atoms with van der Waals surface area (Å²) in [5.74, 6) is 1.51. The maximum Gasteiger partial charge on any atom is 0.223 e. The number of nitrogens with one attached hydrogen (secondary N) is 1. The van der Waals surface area contributed by atoms with Crippen molar-refractivity contribution in [3.8, 4) is 11.5 Å². The van der Waals surface area contributed by atoms with Crippen molar-refractivity contribution < 1.29 is 14.3 Å². The molecule has 0 aliphatic carbocycles. The van der Waals surface area contributed by atoms with Crippen molar-refractivity contribution in [3.63, 3.8) is 0 Å². The van der Waals surface area contributed by atoms with Crippen molar-refractivity contribution in [2.24, 2.45) is 0 Å². The zero-order chi connectivity index (χ0) is 26.2. The Bertz CT molecular complexity index is 1340. The van der Waals surface area contributed by atoms with Gasteiger partial charge in [-0.3, -0.25) is 4.79 Å². The molecule has 0 bridgehead atoms. The Labute approximate surface area is 220 Å². The molecule has 2 aliphatic heterocycles. The minimum atomic E-state index is -0.648. The van der Waals surface area contributed by atoms with Crippen LogP contribution in [0.3, 0.4) is 0 Å². The molecule has 3 aromatic carbocycles. The van der Waals surface area contributed by atoms with Crippen LogP contribution in [-0.4, -0.2) is 24.7 Å². The third-order valence-corrected chi connectivity index (χ3v) is 7.69. The average Bonchev–Trinajstić information content (AvgIpc) is 3.06. The van der Waals surface area contributed by atoms with E-state index in [4.69, 9.17) is 9.47 Å². The van der Waals surface area contributed by atoms with Gasteiger partial charge in [-0.25, -0.2) is 0 Å². The van der Waals surface area contributed by atoms with E-state index in [0.717, 1.165) is 16.9 Å². The number of nitrogens with zero attached hydrogens (tertiary/aromatic N) is 1. The van der Waals surface area contributed by atoms with Gasteiger partial charge in [-0.05, 0) is 61.7 Å². The van der Waals surface area contributed by atoms with Crippen molar-refractivity contribution in [1.29, 1.82) is 0 Å². The van der Waals surface area contributed by atoms with E-state index < -0.39 is 5.66 Å². The number of benzene rings is 3. The molecule has 1 fully saturated rings. The van der Waals surface area contributed by atoms with Gasteiger partial charge in [0.2, 0.25) is 5.91 Å². The molecule has 1 N–H and O–H groups in total. The van der Waals surface area contributed by atoms with E-state index in [1.165, 1.54) is 22.4 Å². The molecular weight excluding hydrogens is 460 g/mol. The van der Waals surface area contributed by atoms with Gasteiger partial charge in [0.15, 0.2) is 11.5 Å². The summed E-state index contributed by atoms with van der Waals surface area (Å²) in [4.78, 5) is 15.1. The zero-order valence-corrected chi connectivity index (χ0v) is 22.4. The Morgan fingerprint density at radius 3 is 2.46 bits per heavy atom. The molecule has 1 saturated heterocycles. The minimum Gasteiger partial charge on any atom is -0.490 e. The number of ether oxygens (including phenoxy) is 2. The second-order valence-electron chi connectivity index (χ2n) is 10.6. The Morgan fingerprint density at radius 2 is 1.70 bits per heavy atom. The SMILES string of the molecule is CCOc1cc(/C=C/[C@]23NC(=O)CCN2c2ccc(C)cc2C3(C)C)ccc1OCc1ccc(C)cc1. The van der Waals surface area contributed by atoms with Gasteiger partial charge >= 0.3 is 0 Å². The molecule has 37 heavy (non-hydrogen) atoms. The highest BCUT2D eigenvalue weighted by Crippen LogP contribution is 2.52. The molecule has 5 nitrogen and oxygen atoms in total. The molecule has 3 aromatic rings. The van der Waals surface area contributed by atoms with E-state index in [9.17, 15) is 4.79 Å². The van der Waals surface area contributed by atoms with E-state index in [1.807, 2.05) is 25.1 Å². The number of aryl methyl sites for hydroxylation is 2. The van der Waals surface area contributed by atoms with Crippen molar-refractivity contribution in [2.75, 3.05) is 18.1 Å². The number of hydrogen-bond donors (Lipinski definition) is 1. The summed E-state index contributed by atoms with van der Waals surface area (Å²) < 4.78 is 12.1. The van der Waals surface area contributed by atoms with Crippen LogP contribution in [0.4, 0.5) is 5.69 Å². The lowest BCUT2D eigenvalue weighted by atomic mass is 9.74. The third-order valence-electron chi connectivity index (χ3n) is 7.69. The van der Waals surface area contributed by atoms with Crippen LogP contribution in [0.25, 0.3) is 6.08 Å². The number of hydrogen-bond acceptors (Lipinski definition) is 4. The maximum atomic E-state index is 12.7. The Balaban J connectivity index is 1.45. The maximum absolute atomic E-state index is 12.7. The zero-order valence-electron chi connectivity index (χ0n) is 22.4. The van der Waals surface area contributed by atoms with E-state index >= 15 is 0 Å². The monoisotopic (exact) mass is 496 g/mol. The first-order chi connectivity index (χ1) is 17.7. The molecule has 1 amide bonds. The molecule has 0 saturated carbocycles. The van der Waals surface area contributed by atoms with Crippen LogP contribution in [0.2, 0.25) is 0 Å². The van der Waals surface area contributed by atoms with Crippen LogP contribution in [0, 0.1) is 13.8 Å². The lowest BCUT2D eigenvalue weighted by molar-refractivity contribution is -0.124. The van der Waals surface area contributed by atoms with Gasteiger partial charge in [0.1, 0.15) is 12.3 Å². The topological polar surface area (TPSA) is 50.8 Å². The van der Waals surface area contributed by atoms with Gasteiger partial charge in [-0.1, -0.05) is 73.5 Å². The van der Waals surface area contributed by atoms with Crippen molar-refractivity contribution in [3.05, 3.63) is 94.6 Å². The second-order valence-corrected chi connectivity index (χ2v) is 10.6. The first kappa shape index (κ1) is 24.9. The van der Waals surface area contributed by atoms with Crippen LogP contribution in [0.15, 0.2) is 66.7 Å². The Morgan fingerprint density at radius 1 is 0.946 bits per heavy atom. The van der Waals surface area contributed by atoms with Gasteiger partial charge in [0.25, 0.3) is 0 Å². The summed E-state index contributed by atoms with van der Waals surface area (Å²) >= 11 is 0. The quantitative estimate of drug-likeness (QED) is 0.417. The number of anilines is 1.